The molecule has 0 amide bonds. The number of alkyl halides is 3. The number of rotatable bonds is 7. The first-order chi connectivity index (χ1) is 14.7. The predicted molar refractivity (Wildman–Crippen MR) is 117 cm³/mol. The topological polar surface area (TPSA) is 51.5 Å². The number of aromatic nitrogens is 1. The second kappa shape index (κ2) is 9.00. The van der Waals surface area contributed by atoms with Crippen molar-refractivity contribution in [3.63, 3.8) is 0 Å². The molecule has 0 unspecified atom stereocenters. The summed E-state index contributed by atoms with van der Waals surface area (Å²) in [6.07, 6.45) is -1.60. The zero-order valence-electron chi connectivity index (χ0n) is 17.4. The molecule has 0 aliphatic heterocycles. The maximum absolute atomic E-state index is 13.7. The third-order valence-electron chi connectivity index (χ3n) is 5.70. The zero-order chi connectivity index (χ0) is 22.2. The molecule has 0 bridgehead atoms. The molecule has 0 atom stereocenters. The van der Waals surface area contributed by atoms with Gasteiger partial charge in [-0.2, -0.15) is 13.2 Å². The van der Waals surface area contributed by atoms with Gasteiger partial charge in [-0.3, -0.25) is 0 Å². The Bertz CT molecular complexity index is 1110. The molecule has 1 fully saturated rings. The van der Waals surface area contributed by atoms with Crippen LogP contribution in [0.2, 0.25) is 0 Å². The number of carboxylic acids is 1. The predicted octanol–water partition coefficient (Wildman–Crippen LogP) is 6.35. The lowest BCUT2D eigenvalue weighted by molar-refractivity contribution is -0.137. The minimum Gasteiger partial charge on any atom is -0.478 e. The largest absolute Gasteiger partial charge is 0.478 e. The third kappa shape index (κ3) is 4.84. The Kier molecular flexibility index (Phi) is 6.72. The normalized spacial score (nSPS) is 14.6. The summed E-state index contributed by atoms with van der Waals surface area (Å²) in [7, 11) is 0. The lowest BCUT2D eigenvalue weighted by atomic mass is 10.00. The van der Waals surface area contributed by atoms with E-state index in [0.717, 1.165) is 24.5 Å². The van der Waals surface area contributed by atoms with Gasteiger partial charge in [0.15, 0.2) is 0 Å². The average molecular weight is 466 g/mol. The number of halogens is 4. The average Bonchev–Trinajstić information content (AvgIpc) is 3.42. The Balaban J connectivity index is 0.00000289. The molecule has 170 valence electrons. The van der Waals surface area contributed by atoms with Gasteiger partial charge in [0.2, 0.25) is 0 Å². The molecule has 1 aromatic heterocycles. The quantitative estimate of drug-likeness (QED) is 0.442. The third-order valence-corrected chi connectivity index (χ3v) is 5.70. The number of carboxylic acid groups (broad SMARTS) is 1. The van der Waals surface area contributed by atoms with Crippen molar-refractivity contribution >= 4 is 18.4 Å². The molecule has 8 heteroatoms. The highest BCUT2D eigenvalue weighted by Gasteiger charge is 2.45. The highest BCUT2D eigenvalue weighted by Crippen LogP contribution is 2.45. The van der Waals surface area contributed by atoms with Crippen LogP contribution in [-0.2, 0) is 24.1 Å². The Morgan fingerprint density at radius 2 is 1.72 bits per heavy atom. The van der Waals surface area contributed by atoms with E-state index in [1.807, 2.05) is 30.3 Å². The van der Waals surface area contributed by atoms with Gasteiger partial charge in [-0.05, 0) is 37.0 Å². The molecule has 3 aromatic rings. The number of hydrogen-bond donors (Lipinski definition) is 1. The van der Waals surface area contributed by atoms with Gasteiger partial charge in [0.1, 0.15) is 0 Å². The van der Waals surface area contributed by atoms with Gasteiger partial charge in [0, 0.05) is 11.8 Å². The minimum absolute atomic E-state index is 0. The van der Waals surface area contributed by atoms with Crippen molar-refractivity contribution in [3.8, 4) is 11.3 Å². The van der Waals surface area contributed by atoms with Crippen LogP contribution in [-0.4, -0.2) is 21.2 Å². The van der Waals surface area contributed by atoms with Crippen LogP contribution < -0.4 is 0 Å². The summed E-state index contributed by atoms with van der Waals surface area (Å²) in [6.45, 7) is 2.23. The van der Waals surface area contributed by atoms with Crippen molar-refractivity contribution in [3.05, 3.63) is 83.0 Å². The van der Waals surface area contributed by atoms with Gasteiger partial charge in [0.25, 0.3) is 0 Å². The van der Waals surface area contributed by atoms with Crippen molar-refractivity contribution < 1.29 is 27.8 Å². The van der Waals surface area contributed by atoms with Crippen molar-refractivity contribution in [1.82, 2.24) is 4.57 Å². The SMILES string of the molecule is Cc1c(C(=O)O)cn(CC2(OCc3ccccc3)CC2)c1-c1ccccc1C(F)(F)F.Cl. The van der Waals surface area contributed by atoms with Crippen LogP contribution >= 0.6 is 12.4 Å². The van der Waals surface area contributed by atoms with E-state index in [1.165, 1.54) is 24.4 Å². The van der Waals surface area contributed by atoms with E-state index in [-0.39, 0.29) is 35.8 Å². The summed E-state index contributed by atoms with van der Waals surface area (Å²) in [5.74, 6) is -1.17. The summed E-state index contributed by atoms with van der Waals surface area (Å²) < 4.78 is 48.8. The highest BCUT2D eigenvalue weighted by atomic mass is 35.5. The van der Waals surface area contributed by atoms with E-state index in [9.17, 15) is 23.1 Å². The van der Waals surface area contributed by atoms with Gasteiger partial charge in [-0.1, -0.05) is 48.5 Å². The first kappa shape index (κ1) is 23.9. The summed E-state index contributed by atoms with van der Waals surface area (Å²) in [4.78, 5) is 11.7. The Hall–Kier alpha value is -2.77. The maximum Gasteiger partial charge on any atom is 0.417 e. The molecule has 1 N–H and O–H groups in total. The summed E-state index contributed by atoms with van der Waals surface area (Å²) in [6, 6.07) is 14.9. The van der Waals surface area contributed by atoms with E-state index in [0.29, 0.717) is 12.2 Å². The smallest absolute Gasteiger partial charge is 0.417 e. The number of carbonyl (C=O) groups is 1. The van der Waals surface area contributed by atoms with Crippen LogP contribution in [0.3, 0.4) is 0 Å². The number of aromatic carboxylic acids is 1. The Morgan fingerprint density at radius 1 is 1.09 bits per heavy atom. The van der Waals surface area contributed by atoms with Crippen LogP contribution in [0.4, 0.5) is 13.2 Å². The Morgan fingerprint density at radius 3 is 2.31 bits per heavy atom. The molecule has 0 spiro atoms. The van der Waals surface area contributed by atoms with E-state index in [1.54, 1.807) is 11.5 Å². The van der Waals surface area contributed by atoms with E-state index in [4.69, 9.17) is 4.74 Å². The molecule has 0 radical (unpaired) electrons. The number of benzene rings is 2. The van der Waals surface area contributed by atoms with E-state index >= 15 is 0 Å². The summed E-state index contributed by atoms with van der Waals surface area (Å²) in [5, 5.41) is 9.58. The fourth-order valence-corrected chi connectivity index (χ4v) is 3.90. The standard InChI is InChI=1S/C24H22F3NO3.ClH/c1-16-19(22(29)30)13-28(21(16)18-9-5-6-10-20(18)24(25,26)27)15-23(11-12-23)31-14-17-7-3-2-4-8-17;/h2-10,13H,11-12,14-15H2,1H3,(H,29,30);1H. The van der Waals surface area contributed by atoms with Crippen LogP contribution in [0.15, 0.2) is 60.8 Å². The van der Waals surface area contributed by atoms with Crippen molar-refractivity contribution in [2.24, 2.45) is 0 Å². The molecule has 1 aliphatic carbocycles. The first-order valence-corrected chi connectivity index (χ1v) is 9.98. The fourth-order valence-electron chi connectivity index (χ4n) is 3.90. The summed E-state index contributed by atoms with van der Waals surface area (Å²) in [5.41, 5.74) is 0.238. The number of hydrogen-bond acceptors (Lipinski definition) is 2. The second-order valence-electron chi connectivity index (χ2n) is 7.95. The molecular weight excluding hydrogens is 443 g/mol. The minimum atomic E-state index is -4.55. The Labute approximate surface area is 190 Å². The van der Waals surface area contributed by atoms with Crippen molar-refractivity contribution in [2.45, 2.75) is 44.7 Å². The van der Waals surface area contributed by atoms with Crippen LogP contribution in [0.5, 0.6) is 0 Å². The van der Waals surface area contributed by atoms with E-state index in [2.05, 4.69) is 0 Å². The zero-order valence-corrected chi connectivity index (χ0v) is 18.2. The van der Waals surface area contributed by atoms with Crippen LogP contribution in [0.1, 0.15) is 39.9 Å². The van der Waals surface area contributed by atoms with Crippen LogP contribution in [0, 0.1) is 6.92 Å². The van der Waals surface area contributed by atoms with Crippen molar-refractivity contribution in [2.75, 3.05) is 0 Å². The fraction of sp³-hybridized carbons (Fsp3) is 0.292. The maximum atomic E-state index is 13.7. The molecular formula is C24H23ClF3NO3. The van der Waals surface area contributed by atoms with Gasteiger partial charge < -0.3 is 14.4 Å². The van der Waals surface area contributed by atoms with Gasteiger partial charge in [0.05, 0.1) is 35.6 Å². The molecule has 2 aromatic carbocycles. The first-order valence-electron chi connectivity index (χ1n) is 9.98. The van der Waals surface area contributed by atoms with Gasteiger partial charge in [-0.15, -0.1) is 12.4 Å². The summed E-state index contributed by atoms with van der Waals surface area (Å²) >= 11 is 0. The van der Waals surface area contributed by atoms with E-state index < -0.39 is 23.3 Å². The van der Waals surface area contributed by atoms with Crippen molar-refractivity contribution in [1.29, 1.82) is 0 Å². The number of ether oxygens (including phenoxy) is 1. The molecule has 1 saturated carbocycles. The molecule has 1 heterocycles. The molecule has 1 aliphatic rings. The lowest BCUT2D eigenvalue weighted by Gasteiger charge is -2.21. The molecule has 0 saturated heterocycles. The van der Waals surface area contributed by atoms with Gasteiger partial charge in [-0.25, -0.2) is 4.79 Å². The second-order valence-corrected chi connectivity index (χ2v) is 7.95. The highest BCUT2D eigenvalue weighted by molar-refractivity contribution is 5.92. The monoisotopic (exact) mass is 465 g/mol. The lowest BCUT2D eigenvalue weighted by Crippen LogP contribution is -2.22. The van der Waals surface area contributed by atoms with Gasteiger partial charge >= 0.3 is 12.1 Å². The number of nitrogens with zero attached hydrogens (tertiary/aromatic N) is 1. The van der Waals surface area contributed by atoms with Crippen LogP contribution in [0.25, 0.3) is 11.3 Å². The molecule has 32 heavy (non-hydrogen) atoms. The molecule has 4 rings (SSSR count). The molecule has 4 nitrogen and oxygen atoms in total.